The molecule has 1 aromatic rings. The molecule has 0 aromatic heterocycles. The molecule has 22 heavy (non-hydrogen) atoms. The van der Waals surface area contributed by atoms with E-state index in [2.05, 4.69) is 12.2 Å². The predicted octanol–water partition coefficient (Wildman–Crippen LogP) is 3.25. The number of carbonyl (C=O) groups excluding carboxylic acids is 2. The highest BCUT2D eigenvalue weighted by Crippen LogP contribution is 2.20. The second kappa shape index (κ2) is 8.18. The van der Waals surface area contributed by atoms with Crippen molar-refractivity contribution in [1.29, 1.82) is 0 Å². The van der Waals surface area contributed by atoms with E-state index in [1.807, 2.05) is 17.0 Å². The van der Waals surface area contributed by atoms with Gasteiger partial charge in [-0.1, -0.05) is 37.1 Å². The summed E-state index contributed by atoms with van der Waals surface area (Å²) in [7, 11) is 0. The quantitative estimate of drug-likeness (QED) is 0.904. The number of nitrogens with zero attached hydrogens (tertiary/aromatic N) is 1. The number of hydrogen-bond acceptors (Lipinski definition) is 2. The number of rotatable bonds is 5. The van der Waals surface area contributed by atoms with E-state index in [0.29, 0.717) is 30.1 Å². The lowest BCUT2D eigenvalue weighted by Crippen LogP contribution is -2.46. The molecule has 1 aliphatic rings. The molecule has 1 fully saturated rings. The summed E-state index contributed by atoms with van der Waals surface area (Å²) in [6, 6.07) is 7.30. The highest BCUT2D eigenvalue weighted by Gasteiger charge is 2.25. The lowest BCUT2D eigenvalue weighted by Gasteiger charge is -2.32. The summed E-state index contributed by atoms with van der Waals surface area (Å²) in [5.74, 6) is 0.0964. The number of hydrogen-bond donors (Lipinski definition) is 1. The van der Waals surface area contributed by atoms with Crippen molar-refractivity contribution in [2.75, 3.05) is 13.1 Å². The molecule has 1 saturated heterocycles. The third-order valence-corrected chi connectivity index (χ3v) is 4.34. The first-order valence-electron chi connectivity index (χ1n) is 7.95. The summed E-state index contributed by atoms with van der Waals surface area (Å²) in [5, 5.41) is 3.55. The number of nitrogens with one attached hydrogen (secondary N) is 1. The monoisotopic (exact) mass is 322 g/mol. The average molecular weight is 323 g/mol. The van der Waals surface area contributed by atoms with Crippen molar-refractivity contribution in [3.63, 3.8) is 0 Å². The Morgan fingerprint density at radius 1 is 1.27 bits per heavy atom. The van der Waals surface area contributed by atoms with E-state index in [4.69, 9.17) is 11.6 Å². The number of likely N-dealkylation sites (tertiary alicyclic amines) is 1. The maximum absolute atomic E-state index is 12.4. The third kappa shape index (κ3) is 4.47. The second-order valence-corrected chi connectivity index (χ2v) is 6.12. The van der Waals surface area contributed by atoms with E-state index < -0.39 is 0 Å². The molecule has 120 valence electrons. The molecule has 1 N–H and O–H groups in total. The van der Waals surface area contributed by atoms with E-state index in [-0.39, 0.29) is 17.9 Å². The SMILES string of the molecule is CCCCC(=O)NC1CCN(C(=O)c2ccccc2Cl)CC1. The van der Waals surface area contributed by atoms with Crippen LogP contribution >= 0.6 is 11.6 Å². The number of piperidine rings is 1. The molecule has 2 rings (SSSR count). The Kier molecular flexibility index (Phi) is 6.25. The van der Waals surface area contributed by atoms with Crippen LogP contribution in [0.4, 0.5) is 0 Å². The molecule has 1 aromatic carbocycles. The van der Waals surface area contributed by atoms with Gasteiger partial charge in [0.1, 0.15) is 0 Å². The van der Waals surface area contributed by atoms with Gasteiger partial charge in [-0.3, -0.25) is 9.59 Å². The van der Waals surface area contributed by atoms with E-state index in [1.54, 1.807) is 12.1 Å². The van der Waals surface area contributed by atoms with Crippen molar-refractivity contribution in [2.24, 2.45) is 0 Å². The first-order valence-corrected chi connectivity index (χ1v) is 8.32. The Morgan fingerprint density at radius 2 is 1.95 bits per heavy atom. The average Bonchev–Trinajstić information content (AvgIpc) is 2.53. The number of unbranched alkanes of at least 4 members (excludes halogenated alkanes) is 1. The van der Waals surface area contributed by atoms with Crippen molar-refractivity contribution in [3.8, 4) is 0 Å². The van der Waals surface area contributed by atoms with Gasteiger partial charge in [-0.15, -0.1) is 0 Å². The Bertz CT molecular complexity index is 525. The zero-order chi connectivity index (χ0) is 15.9. The van der Waals surface area contributed by atoms with Gasteiger partial charge >= 0.3 is 0 Å². The summed E-state index contributed by atoms with van der Waals surface area (Å²) in [5.41, 5.74) is 0.551. The van der Waals surface area contributed by atoms with Gasteiger partial charge in [0, 0.05) is 25.6 Å². The van der Waals surface area contributed by atoms with Gasteiger partial charge < -0.3 is 10.2 Å². The predicted molar refractivity (Wildman–Crippen MR) is 88.0 cm³/mol. The topological polar surface area (TPSA) is 49.4 Å². The van der Waals surface area contributed by atoms with Crippen LogP contribution in [0.1, 0.15) is 49.4 Å². The molecule has 0 bridgehead atoms. The third-order valence-electron chi connectivity index (χ3n) is 4.01. The van der Waals surface area contributed by atoms with Gasteiger partial charge in [0.25, 0.3) is 5.91 Å². The van der Waals surface area contributed by atoms with Crippen LogP contribution in [-0.2, 0) is 4.79 Å². The summed E-state index contributed by atoms with van der Waals surface area (Å²) in [6.45, 7) is 3.39. The van der Waals surface area contributed by atoms with Crippen LogP contribution in [0.25, 0.3) is 0 Å². The summed E-state index contributed by atoms with van der Waals surface area (Å²) >= 11 is 6.08. The van der Waals surface area contributed by atoms with Gasteiger partial charge in [-0.05, 0) is 31.4 Å². The number of carbonyl (C=O) groups is 2. The standard InChI is InChI=1S/C17H23ClN2O2/c1-2-3-8-16(21)19-13-9-11-20(12-10-13)17(22)14-6-4-5-7-15(14)18/h4-7,13H,2-3,8-12H2,1H3,(H,19,21). The van der Waals surface area contributed by atoms with E-state index in [0.717, 1.165) is 25.7 Å². The molecular weight excluding hydrogens is 300 g/mol. The van der Waals surface area contributed by atoms with Crippen molar-refractivity contribution >= 4 is 23.4 Å². The van der Waals surface area contributed by atoms with Gasteiger partial charge in [-0.2, -0.15) is 0 Å². The first kappa shape index (κ1) is 16.8. The largest absolute Gasteiger partial charge is 0.353 e. The van der Waals surface area contributed by atoms with Crippen LogP contribution in [0.5, 0.6) is 0 Å². The lowest BCUT2D eigenvalue weighted by molar-refractivity contribution is -0.122. The summed E-state index contributed by atoms with van der Waals surface area (Å²) < 4.78 is 0. The molecule has 5 heteroatoms. The van der Waals surface area contributed by atoms with Gasteiger partial charge in [0.15, 0.2) is 0 Å². The minimum atomic E-state index is -0.0265. The molecule has 0 unspecified atom stereocenters. The van der Waals surface area contributed by atoms with Crippen molar-refractivity contribution in [3.05, 3.63) is 34.9 Å². The van der Waals surface area contributed by atoms with Gasteiger partial charge in [-0.25, -0.2) is 0 Å². The second-order valence-electron chi connectivity index (χ2n) is 5.72. The highest BCUT2D eigenvalue weighted by molar-refractivity contribution is 6.33. The van der Waals surface area contributed by atoms with Crippen LogP contribution in [0, 0.1) is 0 Å². The van der Waals surface area contributed by atoms with Crippen LogP contribution in [0.15, 0.2) is 24.3 Å². The van der Waals surface area contributed by atoms with Crippen molar-refractivity contribution < 1.29 is 9.59 Å². The van der Waals surface area contributed by atoms with Crippen molar-refractivity contribution in [2.45, 2.75) is 45.1 Å². The van der Waals surface area contributed by atoms with E-state index in [1.165, 1.54) is 0 Å². The first-order chi connectivity index (χ1) is 10.6. The molecule has 0 spiro atoms. The van der Waals surface area contributed by atoms with Gasteiger partial charge in [0.2, 0.25) is 5.91 Å². The Labute approximate surface area is 136 Å². The highest BCUT2D eigenvalue weighted by atomic mass is 35.5. The Balaban J connectivity index is 1.83. The molecule has 0 saturated carbocycles. The fraction of sp³-hybridized carbons (Fsp3) is 0.529. The molecule has 0 radical (unpaired) electrons. The molecule has 2 amide bonds. The molecule has 1 heterocycles. The fourth-order valence-corrected chi connectivity index (χ4v) is 2.89. The van der Waals surface area contributed by atoms with Gasteiger partial charge in [0.05, 0.1) is 10.6 Å². The summed E-state index contributed by atoms with van der Waals surface area (Å²) in [6.07, 6.45) is 4.14. The summed E-state index contributed by atoms with van der Waals surface area (Å²) in [4.78, 5) is 26.0. The molecule has 0 aliphatic carbocycles. The Morgan fingerprint density at radius 3 is 2.59 bits per heavy atom. The van der Waals surface area contributed by atoms with E-state index >= 15 is 0 Å². The van der Waals surface area contributed by atoms with Crippen LogP contribution in [-0.4, -0.2) is 35.8 Å². The number of amides is 2. The lowest BCUT2D eigenvalue weighted by atomic mass is 10.0. The van der Waals surface area contributed by atoms with Crippen LogP contribution in [0.3, 0.4) is 0 Å². The zero-order valence-corrected chi connectivity index (χ0v) is 13.7. The number of benzene rings is 1. The van der Waals surface area contributed by atoms with Crippen LogP contribution < -0.4 is 5.32 Å². The molecular formula is C17H23ClN2O2. The normalized spacial score (nSPS) is 15.6. The van der Waals surface area contributed by atoms with E-state index in [9.17, 15) is 9.59 Å². The molecule has 1 aliphatic heterocycles. The Hall–Kier alpha value is -1.55. The minimum Gasteiger partial charge on any atom is -0.353 e. The molecule has 4 nitrogen and oxygen atoms in total. The maximum Gasteiger partial charge on any atom is 0.255 e. The van der Waals surface area contributed by atoms with Crippen LogP contribution in [0.2, 0.25) is 5.02 Å². The number of halogens is 1. The minimum absolute atomic E-state index is 0.0265. The van der Waals surface area contributed by atoms with Crippen molar-refractivity contribution in [1.82, 2.24) is 10.2 Å². The maximum atomic E-state index is 12.4. The zero-order valence-electron chi connectivity index (χ0n) is 13.0. The fourth-order valence-electron chi connectivity index (χ4n) is 2.67. The molecule has 0 atom stereocenters. The smallest absolute Gasteiger partial charge is 0.255 e.